The zero-order valence-corrected chi connectivity index (χ0v) is 13.8. The van der Waals surface area contributed by atoms with Crippen LogP contribution in [0, 0.1) is 17.2 Å². The van der Waals surface area contributed by atoms with Crippen molar-refractivity contribution in [1.29, 1.82) is 0 Å². The quantitative estimate of drug-likeness (QED) is 0.828. The highest BCUT2D eigenvalue weighted by molar-refractivity contribution is 5.84. The molecule has 2 amide bonds. The van der Waals surface area contributed by atoms with Crippen molar-refractivity contribution in [3.05, 3.63) is 35.6 Å². The van der Waals surface area contributed by atoms with E-state index in [-0.39, 0.29) is 30.5 Å². The Labute approximate surface area is 140 Å². The molecule has 2 aliphatic heterocycles. The number of carbonyl (C=O) groups is 2. The van der Waals surface area contributed by atoms with Crippen molar-refractivity contribution in [1.82, 2.24) is 5.32 Å². The molecule has 0 aliphatic carbocycles. The van der Waals surface area contributed by atoms with Gasteiger partial charge in [0.15, 0.2) is 0 Å². The summed E-state index contributed by atoms with van der Waals surface area (Å²) in [7, 11) is 0. The van der Waals surface area contributed by atoms with Crippen LogP contribution in [0.1, 0.15) is 31.7 Å². The largest absolute Gasteiger partial charge is 0.374 e. The molecule has 0 unspecified atom stereocenters. The van der Waals surface area contributed by atoms with E-state index < -0.39 is 17.2 Å². The molecule has 0 spiro atoms. The highest BCUT2D eigenvalue weighted by Crippen LogP contribution is 2.47. The van der Waals surface area contributed by atoms with E-state index in [1.807, 2.05) is 6.92 Å². The van der Waals surface area contributed by atoms with Gasteiger partial charge < -0.3 is 15.8 Å². The van der Waals surface area contributed by atoms with Gasteiger partial charge in [-0.25, -0.2) is 4.39 Å². The smallest absolute Gasteiger partial charge is 0.228 e. The standard InChI is InChI=1S/C18H23FN2O3/c1-18(9-14-6-7-15(18)24-14)17(23)21-10-12(16(20)22)8-11-2-4-13(19)5-3-11/h2-5,12,14-15H,6-10H2,1H3,(H2,20,22)(H,21,23)/t12-,14-,15-,18-/m1/s1. The van der Waals surface area contributed by atoms with Gasteiger partial charge >= 0.3 is 0 Å². The van der Waals surface area contributed by atoms with Gasteiger partial charge in [-0.3, -0.25) is 9.59 Å². The average molecular weight is 334 g/mol. The number of hydrogen-bond donors (Lipinski definition) is 2. The molecule has 3 N–H and O–H groups in total. The second-order valence-electron chi connectivity index (χ2n) is 7.09. The maximum Gasteiger partial charge on any atom is 0.228 e. The van der Waals surface area contributed by atoms with Gasteiger partial charge in [-0.1, -0.05) is 12.1 Å². The molecular formula is C18H23FN2O3. The predicted octanol–water partition coefficient (Wildman–Crippen LogP) is 1.54. The van der Waals surface area contributed by atoms with Crippen LogP contribution in [0.25, 0.3) is 0 Å². The fourth-order valence-electron chi connectivity index (χ4n) is 3.76. The SMILES string of the molecule is C[C@@]1(C(=O)NC[C@@H](Cc2ccc(F)cc2)C(N)=O)C[C@H]2CC[C@H]1O2. The van der Waals surface area contributed by atoms with Crippen LogP contribution in [0.5, 0.6) is 0 Å². The predicted molar refractivity (Wildman–Crippen MR) is 86.4 cm³/mol. The number of primary amides is 1. The third-order valence-corrected chi connectivity index (χ3v) is 5.30. The van der Waals surface area contributed by atoms with E-state index in [2.05, 4.69) is 5.32 Å². The van der Waals surface area contributed by atoms with Crippen LogP contribution in [-0.2, 0) is 20.7 Å². The lowest BCUT2D eigenvalue weighted by Gasteiger charge is -2.30. The minimum atomic E-state index is -0.527. The maximum atomic E-state index is 13.0. The minimum Gasteiger partial charge on any atom is -0.374 e. The summed E-state index contributed by atoms with van der Waals surface area (Å²) in [5.41, 5.74) is 5.74. The molecule has 1 aromatic carbocycles. The summed E-state index contributed by atoms with van der Waals surface area (Å²) in [4.78, 5) is 24.3. The number of carbonyl (C=O) groups excluding carboxylic acids is 2. The Balaban J connectivity index is 1.59. The number of nitrogens with two attached hydrogens (primary N) is 1. The van der Waals surface area contributed by atoms with Gasteiger partial charge in [0.1, 0.15) is 5.82 Å². The Hall–Kier alpha value is -1.95. The maximum absolute atomic E-state index is 13.0. The summed E-state index contributed by atoms with van der Waals surface area (Å²) in [5.74, 6) is -1.41. The number of benzene rings is 1. The molecule has 3 rings (SSSR count). The first-order chi connectivity index (χ1) is 11.4. The van der Waals surface area contributed by atoms with Gasteiger partial charge in [-0.2, -0.15) is 0 Å². The number of rotatable bonds is 6. The molecule has 24 heavy (non-hydrogen) atoms. The van der Waals surface area contributed by atoms with E-state index >= 15 is 0 Å². The second-order valence-corrected chi connectivity index (χ2v) is 7.09. The number of ether oxygens (including phenoxy) is 1. The monoisotopic (exact) mass is 334 g/mol. The van der Waals surface area contributed by atoms with Crippen molar-refractivity contribution in [3.8, 4) is 0 Å². The summed E-state index contributed by atoms with van der Waals surface area (Å²) >= 11 is 0. The van der Waals surface area contributed by atoms with Gasteiger partial charge in [0, 0.05) is 6.54 Å². The zero-order chi connectivity index (χ0) is 17.3. The van der Waals surface area contributed by atoms with Crippen molar-refractivity contribution in [2.75, 3.05) is 6.54 Å². The number of fused-ring (bicyclic) bond motifs is 2. The summed E-state index contributed by atoms with van der Waals surface area (Å²) in [6.45, 7) is 2.10. The van der Waals surface area contributed by atoms with Crippen molar-refractivity contribution in [2.24, 2.45) is 17.1 Å². The minimum absolute atomic E-state index is 0.0355. The Kier molecular flexibility index (Phi) is 4.58. The van der Waals surface area contributed by atoms with E-state index in [0.29, 0.717) is 6.42 Å². The lowest BCUT2D eigenvalue weighted by molar-refractivity contribution is -0.133. The van der Waals surface area contributed by atoms with E-state index in [1.54, 1.807) is 12.1 Å². The lowest BCUT2D eigenvalue weighted by atomic mass is 9.75. The number of hydrogen-bond acceptors (Lipinski definition) is 3. The lowest BCUT2D eigenvalue weighted by Crippen LogP contribution is -2.47. The number of halogens is 1. The third-order valence-electron chi connectivity index (χ3n) is 5.30. The van der Waals surface area contributed by atoms with Gasteiger partial charge in [-0.15, -0.1) is 0 Å². The molecule has 2 fully saturated rings. The average Bonchev–Trinajstić information content (AvgIpc) is 3.13. The van der Waals surface area contributed by atoms with Gasteiger partial charge in [0.05, 0.1) is 23.5 Å². The Morgan fingerprint density at radius 1 is 1.38 bits per heavy atom. The molecule has 0 saturated carbocycles. The third kappa shape index (κ3) is 3.29. The molecule has 6 heteroatoms. The summed E-state index contributed by atoms with van der Waals surface area (Å²) in [6.07, 6.45) is 3.16. The van der Waals surface area contributed by atoms with Gasteiger partial charge in [0.2, 0.25) is 11.8 Å². The molecule has 2 saturated heterocycles. The Morgan fingerprint density at radius 2 is 2.08 bits per heavy atom. The molecule has 4 atom stereocenters. The van der Waals surface area contributed by atoms with Crippen molar-refractivity contribution >= 4 is 11.8 Å². The van der Waals surface area contributed by atoms with Crippen LogP contribution in [-0.4, -0.2) is 30.6 Å². The molecule has 2 bridgehead atoms. The summed E-state index contributed by atoms with van der Waals surface area (Å²) < 4.78 is 18.7. The molecule has 130 valence electrons. The Morgan fingerprint density at radius 3 is 2.62 bits per heavy atom. The fraction of sp³-hybridized carbons (Fsp3) is 0.556. The van der Waals surface area contributed by atoms with Crippen LogP contribution in [0.4, 0.5) is 4.39 Å². The van der Waals surface area contributed by atoms with Crippen molar-refractivity contribution < 1.29 is 18.7 Å². The van der Waals surface area contributed by atoms with Crippen molar-refractivity contribution in [2.45, 2.75) is 44.8 Å². The highest BCUT2D eigenvalue weighted by Gasteiger charge is 2.53. The normalized spacial score (nSPS) is 29.4. The summed E-state index contributed by atoms with van der Waals surface area (Å²) in [6, 6.07) is 5.94. The van der Waals surface area contributed by atoms with Crippen LogP contribution in [0.2, 0.25) is 0 Å². The first-order valence-electron chi connectivity index (χ1n) is 8.36. The second kappa shape index (κ2) is 6.51. The van der Waals surface area contributed by atoms with E-state index in [1.165, 1.54) is 12.1 Å². The van der Waals surface area contributed by atoms with E-state index in [4.69, 9.17) is 10.5 Å². The molecule has 0 radical (unpaired) electrons. The molecule has 0 aromatic heterocycles. The first kappa shape index (κ1) is 16.9. The molecule has 1 aromatic rings. The van der Waals surface area contributed by atoms with Crippen LogP contribution in [0.3, 0.4) is 0 Å². The van der Waals surface area contributed by atoms with Crippen LogP contribution < -0.4 is 11.1 Å². The summed E-state index contributed by atoms with van der Waals surface area (Å²) in [5, 5.41) is 2.87. The highest BCUT2D eigenvalue weighted by atomic mass is 19.1. The molecular weight excluding hydrogens is 311 g/mol. The zero-order valence-electron chi connectivity index (χ0n) is 13.8. The van der Waals surface area contributed by atoms with E-state index in [9.17, 15) is 14.0 Å². The Bertz CT molecular complexity index is 634. The van der Waals surface area contributed by atoms with Gasteiger partial charge in [0.25, 0.3) is 0 Å². The van der Waals surface area contributed by atoms with Crippen LogP contribution in [0.15, 0.2) is 24.3 Å². The molecule has 5 nitrogen and oxygen atoms in total. The van der Waals surface area contributed by atoms with Gasteiger partial charge in [-0.05, 0) is 50.3 Å². The topological polar surface area (TPSA) is 81.4 Å². The number of nitrogens with one attached hydrogen (secondary N) is 1. The molecule has 2 heterocycles. The molecule has 2 aliphatic rings. The van der Waals surface area contributed by atoms with E-state index in [0.717, 1.165) is 24.8 Å². The fourth-order valence-corrected chi connectivity index (χ4v) is 3.76. The first-order valence-corrected chi connectivity index (χ1v) is 8.36. The van der Waals surface area contributed by atoms with Crippen LogP contribution >= 0.6 is 0 Å². The number of amides is 2. The van der Waals surface area contributed by atoms with Crippen molar-refractivity contribution in [3.63, 3.8) is 0 Å².